The van der Waals surface area contributed by atoms with Gasteiger partial charge in [-0.05, 0) is 66.8 Å². The van der Waals surface area contributed by atoms with Crippen LogP contribution < -0.4 is 5.73 Å². The summed E-state index contributed by atoms with van der Waals surface area (Å²) in [6.07, 6.45) is 6.08. The lowest BCUT2D eigenvalue weighted by atomic mass is 9.92. The van der Waals surface area contributed by atoms with Crippen LogP contribution in [-0.2, 0) is 6.42 Å². The van der Waals surface area contributed by atoms with Crippen molar-refractivity contribution in [3.05, 3.63) is 124 Å². The van der Waals surface area contributed by atoms with Gasteiger partial charge in [-0.3, -0.25) is 0 Å². The summed E-state index contributed by atoms with van der Waals surface area (Å²) in [7, 11) is 0. The van der Waals surface area contributed by atoms with Gasteiger partial charge in [0.05, 0.1) is 0 Å². The lowest BCUT2D eigenvalue weighted by molar-refractivity contribution is 0.792. The first-order chi connectivity index (χ1) is 19.1. The van der Waals surface area contributed by atoms with Crippen molar-refractivity contribution in [1.82, 2.24) is 9.97 Å². The molecular weight excluding hydrogens is 582 g/mol. The van der Waals surface area contributed by atoms with E-state index in [0.29, 0.717) is 6.54 Å². The van der Waals surface area contributed by atoms with Gasteiger partial charge in [-0.2, -0.15) is 0 Å². The van der Waals surface area contributed by atoms with Crippen LogP contribution in [0.25, 0.3) is 21.8 Å². The number of H-pyrrole nitrogens is 2. The van der Waals surface area contributed by atoms with Crippen LogP contribution in [-0.4, -0.2) is 16.5 Å². The SMILES string of the molecule is Cc1ccc2c(Sc3ccccc3[C](CN)CCc3ccccc3Sc3c[nH]c4cc(Br)ccc34)c[nH]c2c1. The molecule has 0 aliphatic heterocycles. The van der Waals surface area contributed by atoms with Gasteiger partial charge in [-0.25, -0.2) is 0 Å². The molecule has 0 aliphatic carbocycles. The van der Waals surface area contributed by atoms with Crippen molar-refractivity contribution in [2.24, 2.45) is 5.73 Å². The molecule has 6 rings (SSSR count). The predicted octanol–water partition coefficient (Wildman–Crippen LogP) is 9.54. The topological polar surface area (TPSA) is 57.6 Å². The van der Waals surface area contributed by atoms with E-state index in [1.54, 1.807) is 0 Å². The van der Waals surface area contributed by atoms with Gasteiger partial charge in [0.2, 0.25) is 0 Å². The summed E-state index contributed by atoms with van der Waals surface area (Å²) < 4.78 is 1.08. The van der Waals surface area contributed by atoms with Crippen LogP contribution >= 0.6 is 39.5 Å². The maximum Gasteiger partial charge on any atom is 0.0477 e. The van der Waals surface area contributed by atoms with Crippen molar-refractivity contribution in [2.45, 2.75) is 39.3 Å². The molecule has 0 fully saturated rings. The molecule has 0 amide bonds. The number of aromatic amines is 2. The summed E-state index contributed by atoms with van der Waals surface area (Å²) in [5, 5.41) is 2.50. The van der Waals surface area contributed by atoms with Crippen molar-refractivity contribution < 1.29 is 0 Å². The zero-order valence-electron chi connectivity index (χ0n) is 21.6. The number of halogens is 1. The lowest BCUT2D eigenvalue weighted by Gasteiger charge is -2.19. The maximum absolute atomic E-state index is 6.37. The Morgan fingerprint density at radius 2 is 1.38 bits per heavy atom. The number of hydrogen-bond donors (Lipinski definition) is 3. The van der Waals surface area contributed by atoms with Gasteiger partial charge in [0.15, 0.2) is 0 Å². The van der Waals surface area contributed by atoms with Crippen LogP contribution in [0.3, 0.4) is 0 Å². The third-order valence-electron chi connectivity index (χ3n) is 7.03. The lowest BCUT2D eigenvalue weighted by Crippen LogP contribution is -2.15. The smallest absolute Gasteiger partial charge is 0.0477 e. The second kappa shape index (κ2) is 11.7. The van der Waals surface area contributed by atoms with E-state index in [1.165, 1.54) is 58.5 Å². The molecule has 4 N–H and O–H groups in total. The Bertz CT molecular complexity index is 1750. The molecule has 39 heavy (non-hydrogen) atoms. The summed E-state index contributed by atoms with van der Waals surface area (Å²) in [6.45, 7) is 2.67. The first-order valence-corrected chi connectivity index (χ1v) is 15.4. The number of rotatable bonds is 9. The van der Waals surface area contributed by atoms with Crippen molar-refractivity contribution >= 4 is 61.3 Å². The van der Waals surface area contributed by atoms with E-state index >= 15 is 0 Å². The van der Waals surface area contributed by atoms with E-state index in [0.717, 1.165) is 22.8 Å². The highest BCUT2D eigenvalue weighted by atomic mass is 79.9. The van der Waals surface area contributed by atoms with Crippen LogP contribution in [0, 0.1) is 12.8 Å². The first-order valence-electron chi connectivity index (χ1n) is 13.0. The normalized spacial score (nSPS) is 11.7. The summed E-state index contributed by atoms with van der Waals surface area (Å²) in [4.78, 5) is 11.9. The minimum atomic E-state index is 0.539. The number of benzene rings is 4. The van der Waals surface area contributed by atoms with Gasteiger partial charge < -0.3 is 15.7 Å². The van der Waals surface area contributed by atoms with E-state index < -0.39 is 0 Å². The molecule has 0 saturated heterocycles. The standard InChI is InChI=1S/C33H29BrN3S2/c1-21-10-14-26-28(16-21)36-20-33(26)39-31-9-5-3-7-25(31)23(18-35)12-11-22-6-2-4-8-30(22)38-32-19-37-29-17-24(34)13-15-27(29)32/h2-10,13-17,19-20,36-37H,11-12,18,35H2,1H3. The Kier molecular flexibility index (Phi) is 7.89. The largest absolute Gasteiger partial charge is 0.360 e. The monoisotopic (exact) mass is 610 g/mol. The van der Waals surface area contributed by atoms with Crippen molar-refractivity contribution in [2.75, 3.05) is 6.54 Å². The molecule has 1 radical (unpaired) electrons. The molecule has 0 spiro atoms. The summed E-state index contributed by atoms with van der Waals surface area (Å²) in [5.74, 6) is 1.28. The van der Waals surface area contributed by atoms with Gasteiger partial charge >= 0.3 is 0 Å². The van der Waals surface area contributed by atoms with Gasteiger partial charge in [0.25, 0.3) is 0 Å². The van der Waals surface area contributed by atoms with Gasteiger partial charge in [0, 0.05) is 70.7 Å². The predicted molar refractivity (Wildman–Crippen MR) is 170 cm³/mol. The van der Waals surface area contributed by atoms with Crippen LogP contribution in [0.1, 0.15) is 23.1 Å². The highest BCUT2D eigenvalue weighted by Crippen LogP contribution is 2.40. The Hall–Kier alpha value is -2.90. The fourth-order valence-corrected chi connectivity index (χ4v) is 7.54. The molecule has 0 saturated carbocycles. The molecule has 0 atom stereocenters. The average Bonchev–Trinajstić information content (AvgIpc) is 3.53. The van der Waals surface area contributed by atoms with Crippen molar-refractivity contribution in [1.29, 1.82) is 0 Å². The minimum absolute atomic E-state index is 0.539. The second-order valence-electron chi connectivity index (χ2n) is 9.66. The molecule has 2 heterocycles. The Morgan fingerprint density at radius 3 is 2.15 bits per heavy atom. The van der Waals surface area contributed by atoms with Crippen molar-refractivity contribution in [3.63, 3.8) is 0 Å². The number of nitrogens with one attached hydrogen (secondary N) is 2. The second-order valence-corrected chi connectivity index (χ2v) is 12.7. The Morgan fingerprint density at radius 1 is 0.744 bits per heavy atom. The van der Waals surface area contributed by atoms with E-state index in [-0.39, 0.29) is 0 Å². The third-order valence-corrected chi connectivity index (χ3v) is 9.83. The molecule has 195 valence electrons. The fraction of sp³-hybridized carbons (Fsp3) is 0.121. The average molecular weight is 612 g/mol. The molecule has 6 heteroatoms. The summed E-state index contributed by atoms with van der Waals surface area (Å²) in [5.41, 5.74) is 12.5. The quantitative estimate of drug-likeness (QED) is 0.153. The molecule has 3 nitrogen and oxygen atoms in total. The highest BCUT2D eigenvalue weighted by molar-refractivity contribution is 9.10. The zero-order chi connectivity index (χ0) is 26.8. The summed E-state index contributed by atoms with van der Waals surface area (Å²) >= 11 is 7.21. The zero-order valence-corrected chi connectivity index (χ0v) is 24.8. The molecule has 0 unspecified atom stereocenters. The van der Waals surface area contributed by atoms with Crippen LogP contribution in [0.15, 0.2) is 121 Å². The molecule has 2 aromatic heterocycles. The van der Waals surface area contributed by atoms with Gasteiger partial charge in [-0.1, -0.05) is 94.1 Å². The maximum atomic E-state index is 6.37. The van der Waals surface area contributed by atoms with Crippen molar-refractivity contribution in [3.8, 4) is 0 Å². The Balaban J connectivity index is 1.22. The number of fused-ring (bicyclic) bond motifs is 2. The number of hydrogen-bond acceptors (Lipinski definition) is 3. The molecule has 0 bridgehead atoms. The first kappa shape index (κ1) is 26.3. The Labute approximate surface area is 246 Å². The van der Waals surface area contributed by atoms with E-state index in [4.69, 9.17) is 5.73 Å². The van der Waals surface area contributed by atoms with Gasteiger partial charge in [-0.15, -0.1) is 0 Å². The molecule has 4 aromatic carbocycles. The van der Waals surface area contributed by atoms with Crippen LogP contribution in [0.4, 0.5) is 0 Å². The van der Waals surface area contributed by atoms with E-state index in [9.17, 15) is 0 Å². The van der Waals surface area contributed by atoms with E-state index in [2.05, 4.69) is 130 Å². The number of aromatic nitrogens is 2. The fourth-order valence-electron chi connectivity index (χ4n) is 4.98. The molecule has 0 aliphatic rings. The minimum Gasteiger partial charge on any atom is -0.360 e. The number of aryl methyl sites for hydroxylation is 2. The van der Waals surface area contributed by atoms with E-state index in [1.807, 2.05) is 23.5 Å². The number of nitrogens with two attached hydrogens (primary N) is 1. The van der Waals surface area contributed by atoms with Gasteiger partial charge in [0.1, 0.15) is 0 Å². The molecular formula is C33H29BrN3S2. The molecule has 6 aromatic rings. The van der Waals surface area contributed by atoms with Crippen LogP contribution in [0.5, 0.6) is 0 Å². The third kappa shape index (κ3) is 5.71. The highest BCUT2D eigenvalue weighted by Gasteiger charge is 2.18. The van der Waals surface area contributed by atoms with Crippen LogP contribution in [0.2, 0.25) is 0 Å². The summed E-state index contributed by atoms with van der Waals surface area (Å²) in [6, 6.07) is 30.4.